The van der Waals surface area contributed by atoms with Gasteiger partial charge in [0.25, 0.3) is 5.91 Å². The quantitative estimate of drug-likeness (QED) is 0.564. The molecule has 138 valence electrons. The zero-order chi connectivity index (χ0) is 19.5. The van der Waals surface area contributed by atoms with E-state index in [9.17, 15) is 9.59 Å². The lowest BCUT2D eigenvalue weighted by atomic mass is 10.2. The molecule has 0 atom stereocenters. The van der Waals surface area contributed by atoms with Crippen LogP contribution in [0, 0.1) is 0 Å². The number of hydrogen-bond donors (Lipinski definition) is 2. The van der Waals surface area contributed by atoms with Crippen molar-refractivity contribution in [2.24, 2.45) is 5.73 Å². The molecule has 0 radical (unpaired) electrons. The molecule has 2 aromatic heterocycles. The number of nitrogens with one attached hydrogen (secondary N) is 1. The largest absolute Gasteiger partial charge is 0.366 e. The van der Waals surface area contributed by atoms with Crippen LogP contribution in [0.5, 0.6) is 0 Å². The van der Waals surface area contributed by atoms with Gasteiger partial charge in [0.05, 0.1) is 11.9 Å². The number of carbonyl (C=O) groups excluding carboxylic acids is 2. The molecule has 0 saturated heterocycles. The molecule has 2 amide bonds. The van der Waals surface area contributed by atoms with Crippen molar-refractivity contribution in [1.29, 1.82) is 0 Å². The van der Waals surface area contributed by atoms with Crippen LogP contribution in [-0.4, -0.2) is 26.2 Å². The van der Waals surface area contributed by atoms with Crippen LogP contribution in [0.15, 0.2) is 85.3 Å². The highest BCUT2D eigenvalue weighted by Gasteiger charge is 2.20. The fraction of sp³-hybridized carbons (Fsp3) is 0. The Balaban J connectivity index is 1.70. The summed E-state index contributed by atoms with van der Waals surface area (Å²) in [7, 11) is 0. The molecule has 0 spiro atoms. The Morgan fingerprint density at radius 2 is 1.57 bits per heavy atom. The number of benzene rings is 2. The lowest BCUT2D eigenvalue weighted by molar-refractivity contribution is 0.0998. The monoisotopic (exact) mass is 371 g/mol. The molecule has 0 aliphatic rings. The van der Waals surface area contributed by atoms with E-state index in [0.29, 0.717) is 22.6 Å². The summed E-state index contributed by atoms with van der Waals surface area (Å²) in [6, 6.07) is 19.8. The molecule has 28 heavy (non-hydrogen) atoms. The number of carbonyl (C=O) groups is 2. The first-order valence-corrected chi connectivity index (χ1v) is 8.61. The average Bonchev–Trinajstić information content (AvgIpc) is 3.38. The Morgan fingerprint density at radius 1 is 0.893 bits per heavy atom. The fourth-order valence-corrected chi connectivity index (χ4v) is 2.90. The van der Waals surface area contributed by atoms with E-state index in [-0.39, 0.29) is 5.91 Å². The number of rotatable bonds is 5. The molecule has 0 aliphatic heterocycles. The normalized spacial score (nSPS) is 10.6. The molecule has 0 aliphatic carbocycles. The van der Waals surface area contributed by atoms with Crippen molar-refractivity contribution in [3.8, 4) is 11.5 Å². The lowest BCUT2D eigenvalue weighted by Crippen LogP contribution is -2.16. The topological polar surface area (TPSA) is 94.9 Å². The zero-order valence-corrected chi connectivity index (χ0v) is 14.8. The third-order valence-corrected chi connectivity index (χ3v) is 4.27. The molecule has 2 aromatic carbocycles. The van der Waals surface area contributed by atoms with Crippen molar-refractivity contribution in [1.82, 2.24) is 14.3 Å². The van der Waals surface area contributed by atoms with Crippen LogP contribution in [0.25, 0.3) is 11.5 Å². The third-order valence-electron chi connectivity index (χ3n) is 4.27. The van der Waals surface area contributed by atoms with Gasteiger partial charge in [-0.1, -0.05) is 18.2 Å². The predicted molar refractivity (Wildman–Crippen MR) is 106 cm³/mol. The highest BCUT2D eigenvalue weighted by Crippen LogP contribution is 2.21. The molecule has 0 bridgehead atoms. The van der Waals surface area contributed by atoms with Crippen LogP contribution in [-0.2, 0) is 0 Å². The molecule has 7 nitrogen and oxygen atoms in total. The van der Waals surface area contributed by atoms with Crippen molar-refractivity contribution in [3.63, 3.8) is 0 Å². The van der Waals surface area contributed by atoms with Crippen molar-refractivity contribution in [2.75, 3.05) is 5.32 Å². The molecular weight excluding hydrogens is 354 g/mol. The van der Waals surface area contributed by atoms with E-state index < -0.39 is 5.91 Å². The Hall–Kier alpha value is -4.13. The number of amides is 2. The number of primary amides is 1. The van der Waals surface area contributed by atoms with Crippen LogP contribution >= 0.6 is 0 Å². The summed E-state index contributed by atoms with van der Waals surface area (Å²) in [5.41, 5.74) is 7.44. The first-order valence-electron chi connectivity index (χ1n) is 8.61. The smallest absolute Gasteiger partial charge is 0.261 e. The van der Waals surface area contributed by atoms with Crippen LogP contribution in [0.4, 0.5) is 5.69 Å². The molecule has 0 unspecified atom stereocenters. The highest BCUT2D eigenvalue weighted by atomic mass is 16.2. The van der Waals surface area contributed by atoms with Gasteiger partial charge in [-0.2, -0.15) is 5.10 Å². The van der Waals surface area contributed by atoms with Gasteiger partial charge < -0.3 is 15.6 Å². The standard InChI is InChI=1S/C21H17N5O2/c22-19(27)15-8-10-16(11-9-15)24-20(28)18-14-23-26(17-6-2-1-3-7-17)21(18)25-12-4-5-13-25/h1-14H,(H2,22,27)(H,24,28). The van der Waals surface area contributed by atoms with Crippen molar-refractivity contribution < 1.29 is 9.59 Å². The van der Waals surface area contributed by atoms with Crippen LogP contribution in [0.1, 0.15) is 20.7 Å². The summed E-state index contributed by atoms with van der Waals surface area (Å²) in [5, 5.41) is 7.25. The predicted octanol–water partition coefficient (Wildman–Crippen LogP) is 3.01. The number of hydrogen-bond acceptors (Lipinski definition) is 3. The lowest BCUT2D eigenvalue weighted by Gasteiger charge is -2.11. The van der Waals surface area contributed by atoms with Gasteiger partial charge >= 0.3 is 0 Å². The van der Waals surface area contributed by atoms with Gasteiger partial charge in [0.1, 0.15) is 5.56 Å². The summed E-state index contributed by atoms with van der Waals surface area (Å²) in [5.74, 6) is -0.197. The summed E-state index contributed by atoms with van der Waals surface area (Å²) in [6.45, 7) is 0. The first-order chi connectivity index (χ1) is 13.6. The molecular formula is C21H17N5O2. The Morgan fingerprint density at radius 3 is 2.21 bits per heavy atom. The van der Waals surface area contributed by atoms with Gasteiger partial charge in [0.15, 0.2) is 5.82 Å². The van der Waals surface area contributed by atoms with E-state index in [4.69, 9.17) is 5.73 Å². The molecule has 7 heteroatoms. The second-order valence-electron chi connectivity index (χ2n) is 6.12. The molecule has 4 rings (SSSR count). The maximum absolute atomic E-state index is 12.9. The number of nitrogens with zero attached hydrogens (tertiary/aromatic N) is 3. The van der Waals surface area contributed by atoms with Crippen molar-refractivity contribution >= 4 is 17.5 Å². The minimum Gasteiger partial charge on any atom is -0.366 e. The fourth-order valence-electron chi connectivity index (χ4n) is 2.90. The van der Waals surface area contributed by atoms with E-state index in [1.807, 2.05) is 59.4 Å². The zero-order valence-electron chi connectivity index (χ0n) is 14.8. The second kappa shape index (κ2) is 7.24. The van der Waals surface area contributed by atoms with Gasteiger partial charge in [0, 0.05) is 23.6 Å². The SMILES string of the molecule is NC(=O)c1ccc(NC(=O)c2cnn(-c3ccccc3)c2-n2cccc2)cc1. The van der Waals surface area contributed by atoms with Crippen molar-refractivity contribution in [2.45, 2.75) is 0 Å². The average molecular weight is 371 g/mol. The summed E-state index contributed by atoms with van der Waals surface area (Å²) in [6.07, 6.45) is 5.25. The van der Waals surface area contributed by atoms with Gasteiger partial charge in [-0.3, -0.25) is 9.59 Å². The Kier molecular flexibility index (Phi) is 4.47. The number of aromatic nitrogens is 3. The van der Waals surface area contributed by atoms with Crippen molar-refractivity contribution in [3.05, 3.63) is 96.4 Å². The minimum atomic E-state index is -0.517. The van der Waals surface area contributed by atoms with Gasteiger partial charge in [-0.15, -0.1) is 0 Å². The molecule has 2 heterocycles. The number of nitrogens with two attached hydrogens (primary N) is 1. The number of anilines is 1. The van der Waals surface area contributed by atoms with Crippen LogP contribution < -0.4 is 11.1 Å². The minimum absolute atomic E-state index is 0.308. The van der Waals surface area contributed by atoms with Gasteiger partial charge in [-0.25, -0.2) is 4.68 Å². The van der Waals surface area contributed by atoms with E-state index in [2.05, 4.69) is 10.4 Å². The number of para-hydroxylation sites is 1. The molecule has 3 N–H and O–H groups in total. The van der Waals surface area contributed by atoms with E-state index in [1.54, 1.807) is 28.9 Å². The van der Waals surface area contributed by atoms with Crippen LogP contribution in [0.3, 0.4) is 0 Å². The summed E-state index contributed by atoms with van der Waals surface area (Å²) < 4.78 is 3.55. The molecule has 0 saturated carbocycles. The molecule has 4 aromatic rings. The van der Waals surface area contributed by atoms with Gasteiger partial charge in [-0.05, 0) is 48.5 Å². The molecule has 0 fully saturated rings. The summed E-state index contributed by atoms with van der Waals surface area (Å²) in [4.78, 5) is 24.1. The van der Waals surface area contributed by atoms with E-state index in [1.165, 1.54) is 6.20 Å². The van der Waals surface area contributed by atoms with Crippen LogP contribution in [0.2, 0.25) is 0 Å². The Labute approximate surface area is 161 Å². The first kappa shape index (κ1) is 17.3. The third kappa shape index (κ3) is 3.28. The maximum atomic E-state index is 12.9. The van der Waals surface area contributed by atoms with E-state index in [0.717, 1.165) is 5.69 Å². The summed E-state index contributed by atoms with van der Waals surface area (Å²) >= 11 is 0. The highest BCUT2D eigenvalue weighted by molar-refractivity contribution is 6.06. The maximum Gasteiger partial charge on any atom is 0.261 e. The second-order valence-corrected chi connectivity index (χ2v) is 6.12. The Bertz CT molecular complexity index is 1110. The van der Waals surface area contributed by atoms with E-state index >= 15 is 0 Å². The van der Waals surface area contributed by atoms with Gasteiger partial charge in [0.2, 0.25) is 5.91 Å².